The molecule has 2 aliphatic heterocycles. The van der Waals surface area contributed by atoms with Crippen LogP contribution in [0, 0.1) is 0 Å². The molecule has 0 saturated heterocycles. The summed E-state index contributed by atoms with van der Waals surface area (Å²) in [7, 11) is 0. The van der Waals surface area contributed by atoms with Crippen molar-refractivity contribution in [2.75, 3.05) is 9.80 Å². The fourth-order valence-electron chi connectivity index (χ4n) is 12.5. The van der Waals surface area contributed by atoms with Gasteiger partial charge in [-0.1, -0.05) is 0 Å². The van der Waals surface area contributed by atoms with Gasteiger partial charge in [0.05, 0.1) is 0 Å². The normalized spacial score (nSPS) is 14.1. The zero-order valence-electron chi connectivity index (χ0n) is 40.5. The summed E-state index contributed by atoms with van der Waals surface area (Å²) in [6.07, 6.45) is 0. The number of furan rings is 2. The van der Waals surface area contributed by atoms with Gasteiger partial charge in [-0.25, -0.2) is 0 Å². The van der Waals surface area contributed by atoms with E-state index in [9.17, 15) is 0 Å². The summed E-state index contributed by atoms with van der Waals surface area (Å²) in [6.45, 7) is 0. The standard InChI is InChI=1S/C66H48Ge2N2O2/c1-67(2)59-21-13-11-19-51(59)53-37-49(27-29-61(53)67)69(45-15-7-5-8-16-45)47-25-23-41-33-55-57-39-58-56-34-42-24-26-48(32-44(42)36-64(56)72-66(58)40-65(57)71-63(55)35-43(41)31-47)70(46-17-9-6-10-18-46)50-28-30-62-54(38-50)52-20-12-14-22-60(52)68(62,3)4/h5-40H,1-4H3. The van der Waals surface area contributed by atoms with Crippen molar-refractivity contribution >= 4 is 144 Å². The van der Waals surface area contributed by atoms with E-state index in [2.05, 4.69) is 251 Å². The third-order valence-corrected chi connectivity index (χ3v) is 31.1. The Balaban J connectivity index is 0.808. The molecule has 4 nitrogen and oxygen atoms in total. The molecule has 0 spiro atoms. The number of rotatable bonds is 6. The second kappa shape index (κ2) is 15.4. The first-order chi connectivity index (χ1) is 35.2. The number of fused-ring (bicyclic) bond motifs is 14. The van der Waals surface area contributed by atoms with Gasteiger partial charge in [-0.15, -0.1) is 0 Å². The third-order valence-electron chi connectivity index (χ3n) is 16.1. The number of hydrogen-bond acceptors (Lipinski definition) is 4. The Hall–Kier alpha value is -7.77. The van der Waals surface area contributed by atoms with E-state index in [1.165, 1.54) is 33.0 Å². The SMILES string of the molecule is [CH3][Ge]1([CH3])[c]2ccccc2-c2cc(N(c3ccccc3)c3ccc4cc5c(cc4c3)oc3cc4oc6cc7cc(N(c8ccccc8)c8cc[c]9c(c8)-c8cccc[c]8[Ge]9([CH3])[CH3])ccc7cc6c4cc35)cc[c]21. The van der Waals surface area contributed by atoms with E-state index in [0.717, 1.165) is 88.8 Å². The van der Waals surface area contributed by atoms with Gasteiger partial charge < -0.3 is 0 Å². The maximum absolute atomic E-state index is 6.73. The zero-order chi connectivity index (χ0) is 48.0. The van der Waals surface area contributed by atoms with Crippen LogP contribution in [-0.4, -0.2) is 26.5 Å². The van der Waals surface area contributed by atoms with Gasteiger partial charge in [0.15, 0.2) is 0 Å². The van der Waals surface area contributed by atoms with Crippen LogP contribution in [-0.2, 0) is 0 Å². The zero-order valence-corrected chi connectivity index (χ0v) is 44.7. The minimum absolute atomic E-state index is 0.818. The first-order valence-corrected chi connectivity index (χ1v) is 37.6. The molecule has 342 valence electrons. The Morgan fingerprint density at radius 2 is 0.625 bits per heavy atom. The van der Waals surface area contributed by atoms with Crippen LogP contribution in [0.5, 0.6) is 0 Å². The molecular weight excluding hydrogens is 998 g/mol. The monoisotopic (exact) mass is 1050 g/mol. The van der Waals surface area contributed by atoms with Gasteiger partial charge in [0.2, 0.25) is 0 Å². The molecule has 0 saturated carbocycles. The second-order valence-corrected chi connectivity index (χ2v) is 39.1. The predicted octanol–water partition coefficient (Wildman–Crippen LogP) is 16.3. The average molecular weight is 1050 g/mol. The Kier molecular flexibility index (Phi) is 8.95. The van der Waals surface area contributed by atoms with Gasteiger partial charge in [0, 0.05) is 6.07 Å². The number of anilines is 6. The summed E-state index contributed by atoms with van der Waals surface area (Å²) in [6, 6.07) is 80.9. The molecule has 13 aromatic rings. The topological polar surface area (TPSA) is 32.8 Å². The fourth-order valence-corrected chi connectivity index (χ4v) is 25.4. The van der Waals surface area contributed by atoms with E-state index in [0.29, 0.717) is 0 Å². The van der Waals surface area contributed by atoms with E-state index in [1.807, 2.05) is 0 Å². The van der Waals surface area contributed by atoms with Crippen molar-refractivity contribution in [3.05, 3.63) is 218 Å². The van der Waals surface area contributed by atoms with Crippen LogP contribution < -0.4 is 27.4 Å². The molecule has 0 amide bonds. The third kappa shape index (κ3) is 6.18. The molecule has 0 aliphatic carbocycles. The number of hydrogen-bond donors (Lipinski definition) is 0. The summed E-state index contributed by atoms with van der Waals surface area (Å²) in [4.78, 5) is 4.78. The Morgan fingerprint density at radius 1 is 0.264 bits per heavy atom. The van der Waals surface area contributed by atoms with Crippen molar-refractivity contribution in [1.29, 1.82) is 0 Å². The molecule has 0 fully saturated rings. The van der Waals surface area contributed by atoms with Crippen LogP contribution in [0.3, 0.4) is 0 Å². The van der Waals surface area contributed by atoms with Crippen LogP contribution in [0.15, 0.2) is 227 Å². The quantitative estimate of drug-likeness (QED) is 0.155. The van der Waals surface area contributed by atoms with Crippen molar-refractivity contribution in [2.45, 2.75) is 23.0 Å². The van der Waals surface area contributed by atoms with Gasteiger partial charge in [-0.3, -0.25) is 0 Å². The van der Waals surface area contributed by atoms with Gasteiger partial charge in [-0.2, -0.15) is 0 Å². The molecule has 72 heavy (non-hydrogen) atoms. The first-order valence-electron chi connectivity index (χ1n) is 25.1. The number of nitrogens with zero attached hydrogens (tertiary/aromatic N) is 2. The van der Waals surface area contributed by atoms with E-state index >= 15 is 0 Å². The molecular formula is C66H48Ge2N2O2. The minimum atomic E-state index is -2.39. The van der Waals surface area contributed by atoms with Crippen molar-refractivity contribution in [2.24, 2.45) is 0 Å². The van der Waals surface area contributed by atoms with Crippen molar-refractivity contribution in [1.82, 2.24) is 0 Å². The van der Waals surface area contributed by atoms with Crippen LogP contribution in [0.1, 0.15) is 0 Å². The second-order valence-electron chi connectivity index (χ2n) is 21.0. The van der Waals surface area contributed by atoms with Gasteiger partial charge >= 0.3 is 414 Å². The Labute approximate surface area is 423 Å². The molecule has 2 aliphatic rings. The molecule has 15 rings (SSSR count). The average Bonchev–Trinajstić information content (AvgIpc) is 4.08. The van der Waals surface area contributed by atoms with Gasteiger partial charge in [0.25, 0.3) is 0 Å². The summed E-state index contributed by atoms with van der Waals surface area (Å²) >= 11 is -4.78. The Morgan fingerprint density at radius 3 is 1.08 bits per heavy atom. The van der Waals surface area contributed by atoms with Gasteiger partial charge in [0.1, 0.15) is 0 Å². The van der Waals surface area contributed by atoms with E-state index < -0.39 is 26.5 Å². The summed E-state index contributed by atoms with van der Waals surface area (Å²) in [5, 5.41) is 8.95. The van der Waals surface area contributed by atoms with Gasteiger partial charge in [-0.05, 0) is 6.07 Å². The maximum atomic E-state index is 6.73. The molecule has 0 N–H and O–H groups in total. The number of para-hydroxylation sites is 2. The summed E-state index contributed by atoms with van der Waals surface area (Å²) < 4.78 is 19.7. The van der Waals surface area contributed by atoms with E-state index in [1.54, 1.807) is 17.6 Å². The van der Waals surface area contributed by atoms with Crippen LogP contribution in [0.25, 0.3) is 87.7 Å². The van der Waals surface area contributed by atoms with E-state index in [4.69, 9.17) is 8.83 Å². The number of benzene rings is 11. The molecule has 0 bridgehead atoms. The molecule has 2 aromatic heterocycles. The van der Waals surface area contributed by atoms with Crippen LogP contribution >= 0.6 is 0 Å². The molecule has 11 aromatic carbocycles. The predicted molar refractivity (Wildman–Crippen MR) is 310 cm³/mol. The van der Waals surface area contributed by atoms with Crippen molar-refractivity contribution in [3.8, 4) is 22.3 Å². The van der Waals surface area contributed by atoms with Crippen LogP contribution in [0.2, 0.25) is 23.0 Å². The summed E-state index contributed by atoms with van der Waals surface area (Å²) in [5.41, 5.74) is 15.7. The van der Waals surface area contributed by atoms with Crippen LogP contribution in [0.4, 0.5) is 34.1 Å². The summed E-state index contributed by atoms with van der Waals surface area (Å²) in [5.74, 6) is 10.1. The molecule has 0 radical (unpaired) electrons. The molecule has 4 heterocycles. The molecule has 6 heteroatoms. The van der Waals surface area contributed by atoms with E-state index in [-0.39, 0.29) is 0 Å². The molecule has 0 atom stereocenters. The van der Waals surface area contributed by atoms with Crippen molar-refractivity contribution < 1.29 is 8.83 Å². The fraction of sp³-hybridized carbons (Fsp3) is 0.0606. The van der Waals surface area contributed by atoms with Crippen molar-refractivity contribution in [3.63, 3.8) is 0 Å². The Bertz CT molecular complexity index is 4140. The first kappa shape index (κ1) is 42.0. The molecule has 0 unspecified atom stereocenters.